The Morgan fingerprint density at radius 2 is 2.00 bits per heavy atom. The summed E-state index contributed by atoms with van der Waals surface area (Å²) in [5, 5.41) is 12.6. The van der Waals surface area contributed by atoms with Crippen molar-refractivity contribution in [2.45, 2.75) is 52.0 Å². The van der Waals surface area contributed by atoms with Gasteiger partial charge in [0.2, 0.25) is 5.91 Å². The highest BCUT2D eigenvalue weighted by atomic mass is 35.5. The summed E-state index contributed by atoms with van der Waals surface area (Å²) >= 11 is 5.79. The number of rotatable bonds is 4. The Morgan fingerprint density at radius 3 is 2.41 bits per heavy atom. The number of halogens is 1. The van der Waals surface area contributed by atoms with Crippen molar-refractivity contribution in [2.75, 3.05) is 12.5 Å². The van der Waals surface area contributed by atoms with Crippen molar-refractivity contribution in [1.82, 2.24) is 5.32 Å². The van der Waals surface area contributed by atoms with Gasteiger partial charge in [-0.25, -0.2) is 0 Å². The Kier molecular flexibility index (Phi) is 4.85. The number of hydrogen-bond acceptors (Lipinski definition) is 2. The van der Waals surface area contributed by atoms with Crippen molar-refractivity contribution in [1.29, 1.82) is 0 Å². The van der Waals surface area contributed by atoms with Gasteiger partial charge in [-0.2, -0.15) is 0 Å². The van der Waals surface area contributed by atoms with E-state index in [1.165, 1.54) is 0 Å². The van der Waals surface area contributed by atoms with Crippen molar-refractivity contribution >= 4 is 17.5 Å². The molecule has 1 fully saturated rings. The van der Waals surface area contributed by atoms with Crippen LogP contribution in [0.2, 0.25) is 0 Å². The number of hydrogen-bond donors (Lipinski definition) is 2. The van der Waals surface area contributed by atoms with Crippen molar-refractivity contribution in [3.05, 3.63) is 0 Å². The molecule has 0 atom stereocenters. The smallest absolute Gasteiger partial charge is 0.227 e. The summed E-state index contributed by atoms with van der Waals surface area (Å²) in [6, 6.07) is 0. The molecule has 0 aromatic heterocycles. The number of aliphatic hydroxyl groups is 1. The lowest BCUT2D eigenvalue weighted by Gasteiger charge is -2.40. The fourth-order valence-corrected chi connectivity index (χ4v) is 2.23. The molecule has 17 heavy (non-hydrogen) atoms. The molecule has 0 radical (unpaired) electrons. The van der Waals surface area contributed by atoms with E-state index in [1.807, 2.05) is 13.8 Å². The maximum absolute atomic E-state index is 12.1. The normalized spacial score (nSPS) is 30.1. The molecule has 4 heteroatoms. The summed E-state index contributed by atoms with van der Waals surface area (Å²) in [6.07, 6.45) is 3.83. The highest BCUT2D eigenvalue weighted by Gasteiger charge is 2.38. The maximum Gasteiger partial charge on any atom is 0.227 e. The Morgan fingerprint density at radius 1 is 1.47 bits per heavy atom. The molecular formula is C13H24ClNO2. The van der Waals surface area contributed by atoms with Crippen LogP contribution in [0.1, 0.15) is 46.5 Å². The molecule has 0 spiro atoms. The molecular weight excluding hydrogens is 238 g/mol. The molecule has 0 saturated heterocycles. The second-order valence-corrected chi connectivity index (χ2v) is 6.36. The second-order valence-electron chi connectivity index (χ2n) is 6.09. The van der Waals surface area contributed by atoms with E-state index in [0.29, 0.717) is 5.92 Å². The van der Waals surface area contributed by atoms with Gasteiger partial charge in [0, 0.05) is 5.88 Å². The molecule has 0 aliphatic heterocycles. The molecule has 0 unspecified atom stereocenters. The largest absolute Gasteiger partial charge is 0.394 e. The summed E-state index contributed by atoms with van der Waals surface area (Å²) in [5.74, 6) is 0.917. The van der Waals surface area contributed by atoms with Crippen LogP contribution in [0.5, 0.6) is 0 Å². The van der Waals surface area contributed by atoms with Gasteiger partial charge in [-0.05, 0) is 45.4 Å². The average molecular weight is 262 g/mol. The van der Waals surface area contributed by atoms with Gasteiger partial charge >= 0.3 is 0 Å². The van der Waals surface area contributed by atoms with Crippen molar-refractivity contribution < 1.29 is 9.90 Å². The SMILES string of the molecule is CC1CCC(CO)(NC(=O)C(C)(C)CCl)CC1. The van der Waals surface area contributed by atoms with E-state index in [1.54, 1.807) is 0 Å². The first-order valence-electron chi connectivity index (χ1n) is 6.35. The molecule has 1 aliphatic carbocycles. The fraction of sp³-hybridized carbons (Fsp3) is 0.923. The molecule has 1 rings (SSSR count). The molecule has 3 nitrogen and oxygen atoms in total. The predicted octanol–water partition coefficient (Wildman–Crippen LogP) is 2.31. The van der Waals surface area contributed by atoms with Crippen LogP contribution in [0.4, 0.5) is 0 Å². The van der Waals surface area contributed by atoms with Crippen LogP contribution in [0.25, 0.3) is 0 Å². The van der Waals surface area contributed by atoms with E-state index in [2.05, 4.69) is 12.2 Å². The topological polar surface area (TPSA) is 49.3 Å². The third kappa shape index (κ3) is 3.59. The number of amides is 1. The first-order chi connectivity index (χ1) is 7.85. The highest BCUT2D eigenvalue weighted by molar-refractivity contribution is 6.19. The van der Waals surface area contributed by atoms with Gasteiger partial charge in [-0.3, -0.25) is 4.79 Å². The Labute approximate surface area is 109 Å². The number of nitrogens with one attached hydrogen (secondary N) is 1. The Balaban J connectivity index is 2.67. The summed E-state index contributed by atoms with van der Waals surface area (Å²) < 4.78 is 0. The van der Waals surface area contributed by atoms with E-state index in [-0.39, 0.29) is 18.4 Å². The standard InChI is InChI=1S/C13H24ClNO2/c1-10-4-6-13(9-16,7-5-10)15-11(17)12(2,3)8-14/h10,16H,4-9H2,1-3H3,(H,15,17). The zero-order valence-corrected chi connectivity index (χ0v) is 11.8. The number of aliphatic hydroxyl groups excluding tert-OH is 1. The van der Waals surface area contributed by atoms with Crippen LogP contribution < -0.4 is 5.32 Å². The molecule has 2 N–H and O–H groups in total. The quantitative estimate of drug-likeness (QED) is 0.763. The van der Waals surface area contributed by atoms with Gasteiger partial charge in [0.25, 0.3) is 0 Å². The zero-order chi connectivity index (χ0) is 13.1. The lowest BCUT2D eigenvalue weighted by atomic mass is 9.77. The summed E-state index contributed by atoms with van der Waals surface area (Å²) in [5.41, 5.74) is -1.00. The molecule has 0 aromatic carbocycles. The summed E-state index contributed by atoms with van der Waals surface area (Å²) in [4.78, 5) is 12.1. The van der Waals surface area contributed by atoms with Gasteiger partial charge in [0.05, 0.1) is 17.6 Å². The fourth-order valence-electron chi connectivity index (χ4n) is 2.11. The van der Waals surface area contributed by atoms with Gasteiger partial charge in [0.15, 0.2) is 0 Å². The third-order valence-corrected chi connectivity index (χ3v) is 4.53. The van der Waals surface area contributed by atoms with Crippen LogP contribution in [0, 0.1) is 11.3 Å². The van der Waals surface area contributed by atoms with E-state index in [4.69, 9.17) is 11.6 Å². The Bertz CT molecular complexity index is 271. The minimum absolute atomic E-state index is 0.0177. The molecule has 0 aromatic rings. The minimum atomic E-state index is -0.577. The van der Waals surface area contributed by atoms with Crippen LogP contribution >= 0.6 is 11.6 Å². The molecule has 100 valence electrons. The van der Waals surface area contributed by atoms with Crippen molar-refractivity contribution in [2.24, 2.45) is 11.3 Å². The third-order valence-electron chi connectivity index (χ3n) is 3.86. The number of carbonyl (C=O) groups excluding carboxylic acids is 1. The summed E-state index contributed by atoms with van der Waals surface area (Å²) in [7, 11) is 0. The zero-order valence-electron chi connectivity index (χ0n) is 11.1. The lowest BCUT2D eigenvalue weighted by Crippen LogP contribution is -2.56. The van der Waals surface area contributed by atoms with E-state index < -0.39 is 11.0 Å². The predicted molar refractivity (Wildman–Crippen MR) is 70.1 cm³/mol. The summed E-state index contributed by atoms with van der Waals surface area (Å²) in [6.45, 7) is 5.88. The molecule has 1 saturated carbocycles. The van der Waals surface area contributed by atoms with E-state index in [9.17, 15) is 9.90 Å². The average Bonchev–Trinajstić information content (AvgIpc) is 2.32. The second kappa shape index (κ2) is 5.57. The van der Waals surface area contributed by atoms with Crippen molar-refractivity contribution in [3.8, 4) is 0 Å². The highest BCUT2D eigenvalue weighted by Crippen LogP contribution is 2.32. The van der Waals surface area contributed by atoms with Crippen LogP contribution in [0.3, 0.4) is 0 Å². The van der Waals surface area contributed by atoms with Gasteiger partial charge in [-0.15, -0.1) is 11.6 Å². The van der Waals surface area contributed by atoms with Crippen LogP contribution in [0.15, 0.2) is 0 Å². The monoisotopic (exact) mass is 261 g/mol. The number of carbonyl (C=O) groups is 1. The van der Waals surface area contributed by atoms with E-state index >= 15 is 0 Å². The number of alkyl halides is 1. The molecule has 0 heterocycles. The Hall–Kier alpha value is -0.280. The minimum Gasteiger partial charge on any atom is -0.394 e. The van der Waals surface area contributed by atoms with Gasteiger partial charge < -0.3 is 10.4 Å². The van der Waals surface area contributed by atoms with Crippen LogP contribution in [-0.4, -0.2) is 29.0 Å². The lowest BCUT2D eigenvalue weighted by molar-refractivity contribution is -0.131. The van der Waals surface area contributed by atoms with E-state index in [0.717, 1.165) is 25.7 Å². The van der Waals surface area contributed by atoms with Crippen LogP contribution in [-0.2, 0) is 4.79 Å². The van der Waals surface area contributed by atoms with Gasteiger partial charge in [0.1, 0.15) is 0 Å². The maximum atomic E-state index is 12.1. The molecule has 1 amide bonds. The molecule has 1 aliphatic rings. The first kappa shape index (κ1) is 14.8. The van der Waals surface area contributed by atoms with Crippen molar-refractivity contribution in [3.63, 3.8) is 0 Å². The van der Waals surface area contributed by atoms with Gasteiger partial charge in [-0.1, -0.05) is 6.92 Å². The first-order valence-corrected chi connectivity index (χ1v) is 6.88. The molecule has 0 bridgehead atoms.